The molecule has 0 radical (unpaired) electrons. The van der Waals surface area contributed by atoms with Gasteiger partial charge in [-0.15, -0.1) is 11.3 Å². The first-order valence-electron chi connectivity index (χ1n) is 5.25. The van der Waals surface area contributed by atoms with Crippen molar-refractivity contribution in [3.05, 3.63) is 55.2 Å². The van der Waals surface area contributed by atoms with Crippen molar-refractivity contribution in [2.24, 2.45) is 0 Å². The number of hydrogen-bond acceptors (Lipinski definition) is 5. The van der Waals surface area contributed by atoms with Crippen LogP contribution in [0.4, 0.5) is 11.4 Å². The van der Waals surface area contributed by atoms with Gasteiger partial charge in [-0.05, 0) is 12.1 Å². The lowest BCUT2D eigenvalue weighted by Gasteiger charge is -2.06. The number of thiophene rings is 1. The summed E-state index contributed by atoms with van der Waals surface area (Å²) < 4.78 is 0. The Hall–Kier alpha value is -2.10. The normalized spacial score (nSPS) is 9.89. The molecule has 19 heavy (non-hydrogen) atoms. The van der Waals surface area contributed by atoms with Crippen LogP contribution in [-0.2, 0) is 6.54 Å². The minimum Gasteiger partial charge on any atom is -0.379 e. The molecule has 96 valence electrons. The minimum atomic E-state index is -0.472. The van der Waals surface area contributed by atoms with Crippen LogP contribution in [0, 0.1) is 21.4 Å². The van der Waals surface area contributed by atoms with Crippen LogP contribution >= 0.6 is 22.9 Å². The highest BCUT2D eigenvalue weighted by atomic mass is 35.5. The Morgan fingerprint density at radius 2 is 2.26 bits per heavy atom. The van der Waals surface area contributed by atoms with Crippen molar-refractivity contribution in [3.8, 4) is 6.07 Å². The standard InChI is InChI=1S/C12H8ClN3O2S/c13-11-2-1-9(16(17)18)4-12(11)15-6-10-3-8(5-14)7-19-10/h1-4,7,15H,6H2. The smallest absolute Gasteiger partial charge is 0.271 e. The summed E-state index contributed by atoms with van der Waals surface area (Å²) in [6, 6.07) is 8.04. The van der Waals surface area contributed by atoms with Gasteiger partial charge in [0.1, 0.15) is 6.07 Å². The number of anilines is 1. The zero-order chi connectivity index (χ0) is 13.8. The van der Waals surface area contributed by atoms with E-state index in [2.05, 4.69) is 5.32 Å². The van der Waals surface area contributed by atoms with E-state index in [4.69, 9.17) is 16.9 Å². The molecule has 0 aliphatic heterocycles. The average Bonchev–Trinajstić information content (AvgIpc) is 2.85. The van der Waals surface area contributed by atoms with Gasteiger partial charge in [-0.3, -0.25) is 10.1 Å². The highest BCUT2D eigenvalue weighted by Crippen LogP contribution is 2.27. The van der Waals surface area contributed by atoms with Crippen molar-refractivity contribution >= 4 is 34.3 Å². The number of nitro groups is 1. The molecule has 7 heteroatoms. The van der Waals surface area contributed by atoms with Crippen molar-refractivity contribution in [1.82, 2.24) is 0 Å². The van der Waals surface area contributed by atoms with Gasteiger partial charge < -0.3 is 5.32 Å². The van der Waals surface area contributed by atoms with Gasteiger partial charge in [0.15, 0.2) is 0 Å². The molecular weight excluding hydrogens is 286 g/mol. The highest BCUT2D eigenvalue weighted by Gasteiger charge is 2.09. The highest BCUT2D eigenvalue weighted by molar-refractivity contribution is 7.10. The summed E-state index contributed by atoms with van der Waals surface area (Å²) in [5.74, 6) is 0. The summed E-state index contributed by atoms with van der Waals surface area (Å²) in [6.07, 6.45) is 0. The Morgan fingerprint density at radius 1 is 1.47 bits per heavy atom. The lowest BCUT2D eigenvalue weighted by Crippen LogP contribution is -1.99. The van der Waals surface area contributed by atoms with Crippen LogP contribution in [0.5, 0.6) is 0 Å². The topological polar surface area (TPSA) is 79.0 Å². The largest absolute Gasteiger partial charge is 0.379 e. The van der Waals surface area contributed by atoms with Crippen molar-refractivity contribution in [1.29, 1.82) is 5.26 Å². The SMILES string of the molecule is N#Cc1csc(CNc2cc([N+](=O)[O-])ccc2Cl)c1. The summed E-state index contributed by atoms with van der Waals surface area (Å²) in [4.78, 5) is 11.2. The van der Waals surface area contributed by atoms with Gasteiger partial charge in [-0.2, -0.15) is 5.26 Å². The molecular formula is C12H8ClN3O2S. The Bertz CT molecular complexity index is 663. The van der Waals surface area contributed by atoms with E-state index in [0.717, 1.165) is 4.88 Å². The summed E-state index contributed by atoms with van der Waals surface area (Å²) in [6.45, 7) is 0.466. The summed E-state index contributed by atoms with van der Waals surface area (Å²) in [7, 11) is 0. The predicted molar refractivity (Wildman–Crippen MR) is 74.5 cm³/mol. The predicted octanol–water partition coefficient (Wildman–Crippen LogP) is 3.79. The first-order valence-corrected chi connectivity index (χ1v) is 6.51. The molecule has 1 aromatic carbocycles. The van der Waals surface area contributed by atoms with E-state index in [-0.39, 0.29) is 5.69 Å². The molecule has 1 heterocycles. The first kappa shape index (κ1) is 13.3. The first-order chi connectivity index (χ1) is 9.10. The van der Waals surface area contributed by atoms with Crippen LogP contribution in [-0.4, -0.2) is 4.92 Å². The van der Waals surface area contributed by atoms with Crippen LogP contribution in [0.2, 0.25) is 5.02 Å². The number of rotatable bonds is 4. The minimum absolute atomic E-state index is 0.0178. The number of nitro benzene ring substituents is 1. The number of halogens is 1. The molecule has 1 N–H and O–H groups in total. The maximum Gasteiger partial charge on any atom is 0.271 e. The number of nitrogens with one attached hydrogen (secondary N) is 1. The van der Waals surface area contributed by atoms with Gasteiger partial charge in [0.25, 0.3) is 5.69 Å². The lowest BCUT2D eigenvalue weighted by atomic mass is 10.2. The third-order valence-corrected chi connectivity index (χ3v) is 3.66. The molecule has 0 bridgehead atoms. The number of nitriles is 1. The summed E-state index contributed by atoms with van der Waals surface area (Å²) in [5.41, 5.74) is 1.09. The molecule has 0 saturated heterocycles. The maximum absolute atomic E-state index is 10.7. The van der Waals surface area contributed by atoms with E-state index in [1.165, 1.54) is 29.5 Å². The van der Waals surface area contributed by atoms with E-state index in [0.29, 0.717) is 22.8 Å². The Morgan fingerprint density at radius 3 is 2.89 bits per heavy atom. The monoisotopic (exact) mass is 293 g/mol. The number of hydrogen-bond donors (Lipinski definition) is 1. The van der Waals surface area contributed by atoms with Crippen molar-refractivity contribution in [3.63, 3.8) is 0 Å². The lowest BCUT2D eigenvalue weighted by molar-refractivity contribution is -0.384. The van der Waals surface area contributed by atoms with Gasteiger partial charge in [-0.1, -0.05) is 11.6 Å². The van der Waals surface area contributed by atoms with E-state index >= 15 is 0 Å². The molecule has 0 fully saturated rings. The second-order valence-electron chi connectivity index (χ2n) is 3.69. The van der Waals surface area contributed by atoms with E-state index in [1.807, 2.05) is 6.07 Å². The van der Waals surface area contributed by atoms with Crippen molar-refractivity contribution in [2.75, 3.05) is 5.32 Å². The molecule has 0 aliphatic rings. The number of benzene rings is 1. The van der Waals surface area contributed by atoms with Gasteiger partial charge in [0.2, 0.25) is 0 Å². The Labute approximate surface area is 118 Å². The Balaban J connectivity index is 2.12. The second kappa shape index (κ2) is 5.69. The molecule has 2 rings (SSSR count). The molecule has 0 unspecified atom stereocenters. The van der Waals surface area contributed by atoms with Crippen LogP contribution in [0.25, 0.3) is 0 Å². The average molecular weight is 294 g/mol. The molecule has 0 saturated carbocycles. The van der Waals surface area contributed by atoms with E-state index in [1.54, 1.807) is 11.4 Å². The molecule has 2 aromatic rings. The fourth-order valence-electron chi connectivity index (χ4n) is 1.48. The molecule has 0 aliphatic carbocycles. The van der Waals surface area contributed by atoms with Crippen LogP contribution < -0.4 is 5.32 Å². The number of nitrogens with zero attached hydrogens (tertiary/aromatic N) is 2. The van der Waals surface area contributed by atoms with Gasteiger partial charge in [0.05, 0.1) is 21.2 Å². The molecule has 0 atom stereocenters. The van der Waals surface area contributed by atoms with E-state index in [9.17, 15) is 10.1 Å². The van der Waals surface area contributed by atoms with Crippen molar-refractivity contribution in [2.45, 2.75) is 6.54 Å². The fraction of sp³-hybridized carbons (Fsp3) is 0.0833. The zero-order valence-corrected chi connectivity index (χ0v) is 11.2. The molecule has 0 amide bonds. The van der Waals surface area contributed by atoms with Gasteiger partial charge in [-0.25, -0.2) is 0 Å². The van der Waals surface area contributed by atoms with E-state index < -0.39 is 4.92 Å². The third kappa shape index (κ3) is 3.22. The molecule has 5 nitrogen and oxygen atoms in total. The van der Waals surface area contributed by atoms with Crippen LogP contribution in [0.1, 0.15) is 10.4 Å². The summed E-state index contributed by atoms with van der Waals surface area (Å²) in [5, 5.41) is 24.6. The zero-order valence-electron chi connectivity index (χ0n) is 9.59. The van der Waals surface area contributed by atoms with Crippen molar-refractivity contribution < 1.29 is 4.92 Å². The quantitative estimate of drug-likeness (QED) is 0.687. The maximum atomic E-state index is 10.7. The summed E-state index contributed by atoms with van der Waals surface area (Å²) >= 11 is 7.41. The van der Waals surface area contributed by atoms with Crippen LogP contribution in [0.15, 0.2) is 29.6 Å². The van der Waals surface area contributed by atoms with Gasteiger partial charge >= 0.3 is 0 Å². The molecule has 1 aromatic heterocycles. The molecule has 0 spiro atoms. The second-order valence-corrected chi connectivity index (χ2v) is 5.09. The van der Waals surface area contributed by atoms with Crippen LogP contribution in [0.3, 0.4) is 0 Å². The third-order valence-electron chi connectivity index (χ3n) is 2.40. The Kier molecular flexibility index (Phi) is 4.00. The fourth-order valence-corrected chi connectivity index (χ4v) is 2.41. The van der Waals surface area contributed by atoms with Gasteiger partial charge in [0, 0.05) is 28.9 Å². The number of non-ortho nitro benzene ring substituents is 1.